The van der Waals surface area contributed by atoms with Crippen molar-refractivity contribution in [2.75, 3.05) is 6.54 Å². The van der Waals surface area contributed by atoms with E-state index in [4.69, 9.17) is 5.73 Å². The normalized spacial score (nSPS) is 17.1. The third kappa shape index (κ3) is 7.05. The summed E-state index contributed by atoms with van der Waals surface area (Å²) in [4.78, 5) is 0. The van der Waals surface area contributed by atoms with E-state index < -0.39 is 0 Å². The average molecular weight is 243 g/mol. The van der Waals surface area contributed by atoms with Crippen LogP contribution in [0.5, 0.6) is 0 Å². The maximum absolute atomic E-state index is 10.2. The van der Waals surface area contributed by atoms with Crippen LogP contribution in [0, 0.1) is 17.8 Å². The second-order valence-electron chi connectivity index (χ2n) is 5.66. The first kappa shape index (κ1) is 16.9. The first-order valence-electron chi connectivity index (χ1n) is 7.44. The van der Waals surface area contributed by atoms with E-state index in [1.165, 1.54) is 12.8 Å². The second-order valence-corrected chi connectivity index (χ2v) is 5.66. The van der Waals surface area contributed by atoms with Crippen LogP contribution < -0.4 is 5.73 Å². The molecule has 0 spiro atoms. The van der Waals surface area contributed by atoms with Crippen LogP contribution in [-0.2, 0) is 0 Å². The molecule has 17 heavy (non-hydrogen) atoms. The molecule has 0 bridgehead atoms. The van der Waals surface area contributed by atoms with Crippen LogP contribution in [0.4, 0.5) is 0 Å². The summed E-state index contributed by atoms with van der Waals surface area (Å²) < 4.78 is 0. The molecule has 2 heteroatoms. The minimum absolute atomic E-state index is 0.119. The van der Waals surface area contributed by atoms with Crippen LogP contribution >= 0.6 is 0 Å². The number of nitrogens with two attached hydrogens (primary N) is 1. The molecule has 0 aromatic carbocycles. The van der Waals surface area contributed by atoms with E-state index in [0.717, 1.165) is 38.1 Å². The third-order valence-corrected chi connectivity index (χ3v) is 4.13. The van der Waals surface area contributed by atoms with Gasteiger partial charge in [0, 0.05) is 0 Å². The van der Waals surface area contributed by atoms with Crippen molar-refractivity contribution in [3.05, 3.63) is 0 Å². The quantitative estimate of drug-likeness (QED) is 0.616. The maximum atomic E-state index is 10.2. The van der Waals surface area contributed by atoms with E-state index in [1.807, 2.05) is 0 Å². The van der Waals surface area contributed by atoms with Gasteiger partial charge in [0.2, 0.25) is 0 Å². The lowest BCUT2D eigenvalue weighted by Crippen LogP contribution is -2.27. The van der Waals surface area contributed by atoms with E-state index in [9.17, 15) is 5.11 Å². The van der Waals surface area contributed by atoms with Crippen LogP contribution in [0.3, 0.4) is 0 Å². The first-order valence-corrected chi connectivity index (χ1v) is 7.44. The minimum atomic E-state index is -0.119. The molecule has 0 saturated carbocycles. The van der Waals surface area contributed by atoms with Crippen LogP contribution in [0.2, 0.25) is 0 Å². The van der Waals surface area contributed by atoms with Gasteiger partial charge in [0.15, 0.2) is 0 Å². The van der Waals surface area contributed by atoms with Gasteiger partial charge in [0.25, 0.3) is 0 Å². The molecule has 3 N–H and O–H groups in total. The topological polar surface area (TPSA) is 46.2 Å². The van der Waals surface area contributed by atoms with E-state index in [0.29, 0.717) is 11.8 Å². The Bertz CT molecular complexity index is 168. The maximum Gasteiger partial charge on any atom is 0.0593 e. The lowest BCUT2D eigenvalue weighted by Gasteiger charge is -2.27. The predicted octanol–water partition coefficient (Wildman–Crippen LogP) is 3.57. The molecule has 0 aliphatic heterocycles. The Kier molecular flexibility index (Phi) is 9.85. The van der Waals surface area contributed by atoms with Gasteiger partial charge in [-0.25, -0.2) is 0 Å². The highest BCUT2D eigenvalue weighted by atomic mass is 16.3. The summed E-state index contributed by atoms with van der Waals surface area (Å²) in [5.41, 5.74) is 5.52. The van der Waals surface area contributed by atoms with Gasteiger partial charge in [0.1, 0.15) is 0 Å². The number of rotatable bonds is 10. The van der Waals surface area contributed by atoms with E-state index in [2.05, 4.69) is 27.7 Å². The first-order chi connectivity index (χ1) is 8.06. The molecular formula is C15H33NO. The summed E-state index contributed by atoms with van der Waals surface area (Å²) in [5, 5.41) is 10.2. The summed E-state index contributed by atoms with van der Waals surface area (Å²) in [7, 11) is 0. The summed E-state index contributed by atoms with van der Waals surface area (Å²) in [6.07, 6.45) is 6.78. The summed E-state index contributed by atoms with van der Waals surface area (Å²) in [5.74, 6) is 1.65. The van der Waals surface area contributed by atoms with Crippen molar-refractivity contribution in [1.82, 2.24) is 0 Å². The highest BCUT2D eigenvalue weighted by Crippen LogP contribution is 2.25. The molecule has 0 fully saturated rings. The zero-order valence-corrected chi connectivity index (χ0v) is 12.3. The number of aliphatic hydroxyl groups is 1. The number of hydrogen-bond donors (Lipinski definition) is 2. The smallest absolute Gasteiger partial charge is 0.0593 e. The molecule has 2 nitrogen and oxygen atoms in total. The fourth-order valence-electron chi connectivity index (χ4n) is 2.57. The van der Waals surface area contributed by atoms with E-state index >= 15 is 0 Å². The van der Waals surface area contributed by atoms with Gasteiger partial charge in [-0.1, -0.05) is 47.0 Å². The molecule has 0 rings (SSSR count). The van der Waals surface area contributed by atoms with Gasteiger partial charge >= 0.3 is 0 Å². The van der Waals surface area contributed by atoms with E-state index in [1.54, 1.807) is 0 Å². The molecule has 104 valence electrons. The van der Waals surface area contributed by atoms with Crippen molar-refractivity contribution in [3.63, 3.8) is 0 Å². The molecule has 0 aromatic rings. The van der Waals surface area contributed by atoms with Gasteiger partial charge in [0.05, 0.1) is 6.10 Å². The van der Waals surface area contributed by atoms with Crippen molar-refractivity contribution >= 4 is 0 Å². The Balaban J connectivity index is 3.87. The lowest BCUT2D eigenvalue weighted by atomic mass is 9.84. The van der Waals surface area contributed by atoms with Crippen molar-refractivity contribution in [3.8, 4) is 0 Å². The molecule has 0 aliphatic rings. The molecule has 3 atom stereocenters. The van der Waals surface area contributed by atoms with E-state index in [-0.39, 0.29) is 6.10 Å². The van der Waals surface area contributed by atoms with Crippen LogP contribution in [0.25, 0.3) is 0 Å². The van der Waals surface area contributed by atoms with Gasteiger partial charge in [-0.15, -0.1) is 0 Å². The summed E-state index contributed by atoms with van der Waals surface area (Å²) >= 11 is 0. The number of aliphatic hydroxyl groups excluding tert-OH is 1. The summed E-state index contributed by atoms with van der Waals surface area (Å²) in [6, 6.07) is 0. The van der Waals surface area contributed by atoms with Crippen LogP contribution in [0.1, 0.15) is 66.2 Å². The zero-order valence-electron chi connectivity index (χ0n) is 12.3. The van der Waals surface area contributed by atoms with Crippen molar-refractivity contribution < 1.29 is 5.11 Å². The SMILES string of the molecule is CCC(CC)C(O)C(C)CCC(C)CCCN. The fraction of sp³-hybridized carbons (Fsp3) is 1.00. The highest BCUT2D eigenvalue weighted by molar-refractivity contribution is 4.73. The lowest BCUT2D eigenvalue weighted by molar-refractivity contribution is 0.0475. The Labute approximate surface area is 108 Å². The Hall–Kier alpha value is -0.0800. The molecule has 0 heterocycles. The van der Waals surface area contributed by atoms with Gasteiger partial charge in [-0.2, -0.15) is 0 Å². The molecule has 0 aliphatic carbocycles. The van der Waals surface area contributed by atoms with Crippen LogP contribution in [-0.4, -0.2) is 17.8 Å². The van der Waals surface area contributed by atoms with Gasteiger partial charge < -0.3 is 10.8 Å². The predicted molar refractivity (Wildman–Crippen MR) is 75.9 cm³/mol. The Morgan fingerprint density at radius 2 is 1.59 bits per heavy atom. The van der Waals surface area contributed by atoms with Gasteiger partial charge in [-0.05, 0) is 43.6 Å². The highest BCUT2D eigenvalue weighted by Gasteiger charge is 2.22. The Morgan fingerprint density at radius 1 is 1.00 bits per heavy atom. The largest absolute Gasteiger partial charge is 0.393 e. The van der Waals surface area contributed by atoms with Gasteiger partial charge in [-0.3, -0.25) is 0 Å². The molecular weight excluding hydrogens is 210 g/mol. The molecule has 0 aromatic heterocycles. The second kappa shape index (κ2) is 9.90. The molecule has 0 radical (unpaired) electrons. The summed E-state index contributed by atoms with van der Waals surface area (Å²) in [6.45, 7) is 9.64. The monoisotopic (exact) mass is 243 g/mol. The standard InChI is InChI=1S/C15H33NO/c1-5-14(6-2)15(17)13(4)10-9-12(3)8-7-11-16/h12-15,17H,5-11,16H2,1-4H3. The van der Waals surface area contributed by atoms with Crippen LogP contribution in [0.15, 0.2) is 0 Å². The van der Waals surface area contributed by atoms with Crippen molar-refractivity contribution in [2.45, 2.75) is 72.3 Å². The number of hydrogen-bond acceptors (Lipinski definition) is 2. The third-order valence-electron chi connectivity index (χ3n) is 4.13. The fourth-order valence-corrected chi connectivity index (χ4v) is 2.57. The minimum Gasteiger partial charge on any atom is -0.393 e. The molecule has 3 unspecified atom stereocenters. The Morgan fingerprint density at radius 3 is 2.06 bits per heavy atom. The molecule has 0 saturated heterocycles. The zero-order chi connectivity index (χ0) is 13.3. The average Bonchev–Trinajstić information content (AvgIpc) is 2.34. The molecule has 0 amide bonds. The van der Waals surface area contributed by atoms with Crippen molar-refractivity contribution in [2.24, 2.45) is 23.5 Å². The van der Waals surface area contributed by atoms with Crippen molar-refractivity contribution in [1.29, 1.82) is 0 Å².